The maximum atomic E-state index is 12.3. The van der Waals surface area contributed by atoms with Gasteiger partial charge in [0.1, 0.15) is 12.4 Å². The Morgan fingerprint density at radius 2 is 2.06 bits per heavy atom. The molecule has 0 aliphatic heterocycles. The van der Waals surface area contributed by atoms with E-state index in [2.05, 4.69) is 27.6 Å². The Kier molecular flexibility index (Phi) is 3.41. The Morgan fingerprint density at radius 3 is 2.71 bits per heavy atom. The highest BCUT2D eigenvalue weighted by molar-refractivity contribution is 14.1. The lowest BCUT2D eigenvalue weighted by Crippen LogP contribution is -2.17. The third kappa shape index (κ3) is 3.21. The molecule has 1 aromatic carbocycles. The van der Waals surface area contributed by atoms with Crippen LogP contribution in [0.4, 0.5) is 13.2 Å². The second-order valence-electron chi connectivity index (χ2n) is 3.50. The van der Waals surface area contributed by atoms with Gasteiger partial charge in [-0.3, -0.25) is 0 Å². The number of nitrogens with zero attached hydrogens (tertiary/aromatic N) is 2. The molecule has 0 amide bonds. The van der Waals surface area contributed by atoms with Crippen LogP contribution < -0.4 is 0 Å². The molecular weight excluding hydrogens is 344 g/mol. The Labute approximate surface area is 110 Å². The highest BCUT2D eigenvalue weighted by Gasteiger charge is 2.28. The lowest BCUT2D eigenvalue weighted by Gasteiger charge is -2.10. The molecule has 0 N–H and O–H groups in total. The predicted octanol–water partition coefficient (Wildman–Crippen LogP) is 3.72. The summed E-state index contributed by atoms with van der Waals surface area (Å²) in [5.41, 5.74) is 0.686. The smallest absolute Gasteiger partial charge is 0.322 e. The zero-order chi connectivity index (χ0) is 12.5. The van der Waals surface area contributed by atoms with Crippen molar-refractivity contribution in [2.45, 2.75) is 12.7 Å². The molecule has 0 fully saturated rings. The van der Waals surface area contributed by atoms with Crippen molar-refractivity contribution in [2.75, 3.05) is 0 Å². The molecule has 0 spiro atoms. The van der Waals surface area contributed by atoms with Crippen LogP contribution in [-0.4, -0.2) is 15.7 Å². The fourth-order valence-electron chi connectivity index (χ4n) is 1.52. The predicted molar refractivity (Wildman–Crippen MR) is 66.4 cm³/mol. The first-order valence-electron chi connectivity index (χ1n) is 4.79. The largest absolute Gasteiger partial charge is 0.406 e. The summed E-state index contributed by atoms with van der Waals surface area (Å²) in [6.07, 6.45) is -1.53. The normalized spacial score (nSPS) is 11.8. The number of imidazole rings is 1. The number of alkyl halides is 3. The number of benzene rings is 1. The summed E-state index contributed by atoms with van der Waals surface area (Å²) in [5.74, 6) is 0.334. The maximum absolute atomic E-state index is 12.3. The van der Waals surface area contributed by atoms with Crippen LogP contribution in [0.3, 0.4) is 0 Å². The molecule has 0 saturated carbocycles. The van der Waals surface area contributed by atoms with Gasteiger partial charge < -0.3 is 4.57 Å². The number of hydrogen-bond acceptors (Lipinski definition) is 1. The lowest BCUT2D eigenvalue weighted by molar-refractivity contribution is -0.140. The molecule has 17 heavy (non-hydrogen) atoms. The van der Waals surface area contributed by atoms with Crippen molar-refractivity contribution in [3.8, 4) is 11.4 Å². The van der Waals surface area contributed by atoms with Gasteiger partial charge in [0.2, 0.25) is 0 Å². The first-order valence-corrected chi connectivity index (χ1v) is 5.87. The van der Waals surface area contributed by atoms with Crippen LogP contribution in [0.15, 0.2) is 36.7 Å². The fraction of sp³-hybridized carbons (Fsp3) is 0.182. The Morgan fingerprint density at radius 1 is 1.29 bits per heavy atom. The van der Waals surface area contributed by atoms with E-state index >= 15 is 0 Å². The average molecular weight is 352 g/mol. The summed E-state index contributed by atoms with van der Waals surface area (Å²) in [5, 5.41) is 0. The van der Waals surface area contributed by atoms with Gasteiger partial charge in [-0.25, -0.2) is 4.98 Å². The van der Waals surface area contributed by atoms with Crippen molar-refractivity contribution in [3.05, 3.63) is 40.2 Å². The van der Waals surface area contributed by atoms with Crippen LogP contribution in [0, 0.1) is 3.57 Å². The number of halogens is 4. The van der Waals surface area contributed by atoms with E-state index < -0.39 is 12.7 Å². The second-order valence-corrected chi connectivity index (χ2v) is 4.75. The fourth-order valence-corrected chi connectivity index (χ4v) is 2.06. The van der Waals surface area contributed by atoms with Gasteiger partial charge in [-0.15, -0.1) is 0 Å². The third-order valence-corrected chi connectivity index (χ3v) is 2.82. The van der Waals surface area contributed by atoms with Gasteiger partial charge in [0, 0.05) is 21.5 Å². The van der Waals surface area contributed by atoms with Crippen molar-refractivity contribution < 1.29 is 13.2 Å². The molecule has 0 atom stereocenters. The first kappa shape index (κ1) is 12.4. The summed E-state index contributed by atoms with van der Waals surface area (Å²) >= 11 is 2.11. The summed E-state index contributed by atoms with van der Waals surface area (Å²) in [7, 11) is 0. The Bertz CT molecular complexity index is 519. The van der Waals surface area contributed by atoms with E-state index in [9.17, 15) is 13.2 Å². The molecule has 2 aromatic rings. The molecular formula is C11H8F3IN2. The minimum Gasteiger partial charge on any atom is -0.322 e. The van der Waals surface area contributed by atoms with Crippen LogP contribution in [0.1, 0.15) is 0 Å². The van der Waals surface area contributed by atoms with Crippen molar-refractivity contribution in [3.63, 3.8) is 0 Å². The number of hydrogen-bond donors (Lipinski definition) is 0. The summed E-state index contributed by atoms with van der Waals surface area (Å²) in [6.45, 7) is -1.02. The van der Waals surface area contributed by atoms with Gasteiger partial charge in [-0.1, -0.05) is 12.1 Å². The summed E-state index contributed by atoms with van der Waals surface area (Å²) in [6, 6.07) is 7.22. The molecule has 0 bridgehead atoms. The molecule has 0 unspecified atom stereocenters. The van der Waals surface area contributed by atoms with Crippen molar-refractivity contribution in [2.24, 2.45) is 0 Å². The van der Waals surface area contributed by atoms with E-state index in [-0.39, 0.29) is 0 Å². The molecule has 0 aliphatic carbocycles. The van der Waals surface area contributed by atoms with Gasteiger partial charge in [-0.05, 0) is 34.7 Å². The van der Waals surface area contributed by atoms with Crippen LogP contribution in [0.2, 0.25) is 0 Å². The molecule has 0 radical (unpaired) electrons. The zero-order valence-electron chi connectivity index (χ0n) is 8.58. The molecule has 6 heteroatoms. The van der Waals surface area contributed by atoms with E-state index in [4.69, 9.17) is 0 Å². The van der Waals surface area contributed by atoms with Gasteiger partial charge >= 0.3 is 6.18 Å². The van der Waals surface area contributed by atoms with Gasteiger partial charge in [0.05, 0.1) is 0 Å². The molecule has 2 nitrogen and oxygen atoms in total. The van der Waals surface area contributed by atoms with Crippen molar-refractivity contribution in [1.82, 2.24) is 9.55 Å². The minimum atomic E-state index is -4.24. The second kappa shape index (κ2) is 4.67. The molecule has 1 heterocycles. The van der Waals surface area contributed by atoms with Crippen LogP contribution in [0.25, 0.3) is 11.4 Å². The van der Waals surface area contributed by atoms with Crippen molar-refractivity contribution in [1.29, 1.82) is 0 Å². The van der Waals surface area contributed by atoms with Crippen molar-refractivity contribution >= 4 is 22.6 Å². The first-order chi connectivity index (χ1) is 7.96. The average Bonchev–Trinajstić information content (AvgIpc) is 2.63. The Hall–Kier alpha value is -1.05. The van der Waals surface area contributed by atoms with E-state index in [1.807, 2.05) is 6.07 Å². The standard InChI is InChI=1S/C11H8F3IN2/c12-11(13,14)7-17-5-4-16-10(17)8-2-1-3-9(15)6-8/h1-6H,7H2. The lowest BCUT2D eigenvalue weighted by atomic mass is 10.2. The minimum absolute atomic E-state index is 0.334. The van der Waals surface area contributed by atoms with Crippen LogP contribution in [-0.2, 0) is 6.54 Å². The quantitative estimate of drug-likeness (QED) is 0.754. The van der Waals surface area contributed by atoms with E-state index in [1.54, 1.807) is 18.2 Å². The highest BCUT2D eigenvalue weighted by atomic mass is 127. The molecule has 0 aliphatic rings. The van der Waals surface area contributed by atoms with Gasteiger partial charge in [-0.2, -0.15) is 13.2 Å². The molecule has 2 rings (SSSR count). The van der Waals surface area contributed by atoms with E-state index in [0.29, 0.717) is 11.4 Å². The molecule has 90 valence electrons. The maximum Gasteiger partial charge on any atom is 0.406 e. The summed E-state index contributed by atoms with van der Waals surface area (Å²) in [4.78, 5) is 3.97. The number of rotatable bonds is 2. The zero-order valence-corrected chi connectivity index (χ0v) is 10.7. The number of aromatic nitrogens is 2. The van der Waals surface area contributed by atoms with Crippen LogP contribution >= 0.6 is 22.6 Å². The topological polar surface area (TPSA) is 17.8 Å². The van der Waals surface area contributed by atoms with Crippen LogP contribution in [0.5, 0.6) is 0 Å². The molecule has 1 aromatic heterocycles. The van der Waals surface area contributed by atoms with Gasteiger partial charge in [0.15, 0.2) is 0 Å². The SMILES string of the molecule is FC(F)(F)Cn1ccnc1-c1cccc(I)c1. The van der Waals surface area contributed by atoms with E-state index in [1.165, 1.54) is 12.4 Å². The van der Waals surface area contributed by atoms with Gasteiger partial charge in [0.25, 0.3) is 0 Å². The summed E-state index contributed by atoms with van der Waals surface area (Å²) < 4.78 is 39.1. The third-order valence-electron chi connectivity index (χ3n) is 2.15. The Balaban J connectivity index is 2.37. The monoisotopic (exact) mass is 352 g/mol. The highest BCUT2D eigenvalue weighted by Crippen LogP contribution is 2.24. The van der Waals surface area contributed by atoms with E-state index in [0.717, 1.165) is 8.14 Å². The molecule has 0 saturated heterocycles.